The second kappa shape index (κ2) is 7.32. The van der Waals surface area contributed by atoms with Crippen molar-refractivity contribution >= 4 is 5.78 Å². The molecule has 0 radical (unpaired) electrons. The van der Waals surface area contributed by atoms with E-state index in [1.54, 1.807) is 0 Å². The number of benzene rings is 1. The molecule has 1 aromatic rings. The van der Waals surface area contributed by atoms with Crippen molar-refractivity contribution in [3.8, 4) is 5.75 Å². The molecule has 19 heavy (non-hydrogen) atoms. The van der Waals surface area contributed by atoms with Crippen LogP contribution in [-0.2, 0) is 11.2 Å². The second-order valence-electron chi connectivity index (χ2n) is 5.44. The molecule has 0 N–H and O–H groups in total. The van der Waals surface area contributed by atoms with Crippen LogP contribution in [0.15, 0.2) is 12.1 Å². The van der Waals surface area contributed by atoms with E-state index in [0.717, 1.165) is 18.6 Å². The summed E-state index contributed by atoms with van der Waals surface area (Å²) in [5.74, 6) is 1.46. The van der Waals surface area contributed by atoms with E-state index in [1.807, 2.05) is 20.8 Å². The van der Waals surface area contributed by atoms with Crippen LogP contribution in [0.3, 0.4) is 0 Å². The van der Waals surface area contributed by atoms with Crippen LogP contribution in [0.2, 0.25) is 0 Å². The van der Waals surface area contributed by atoms with Crippen LogP contribution < -0.4 is 4.74 Å². The van der Waals surface area contributed by atoms with Gasteiger partial charge in [-0.2, -0.15) is 0 Å². The Bertz CT molecular complexity index is 410. The van der Waals surface area contributed by atoms with Crippen molar-refractivity contribution < 1.29 is 9.53 Å². The van der Waals surface area contributed by atoms with Crippen LogP contribution in [0.4, 0.5) is 0 Å². The highest BCUT2D eigenvalue weighted by Gasteiger charge is 2.09. The summed E-state index contributed by atoms with van der Waals surface area (Å²) in [6.45, 7) is 10.9. The number of rotatable bonds is 7. The lowest BCUT2D eigenvalue weighted by Crippen LogP contribution is -2.07. The van der Waals surface area contributed by atoms with Crippen molar-refractivity contribution in [1.29, 1.82) is 0 Å². The number of aryl methyl sites for hydroxylation is 2. The average Bonchev–Trinajstić information content (AvgIpc) is 2.32. The normalized spacial score (nSPS) is 10.8. The molecule has 0 unspecified atom stereocenters. The summed E-state index contributed by atoms with van der Waals surface area (Å²) in [4.78, 5) is 11.6. The SMILES string of the molecule is CCOc1cc(C)c(CCCC(=O)C(C)C)c(C)c1. The van der Waals surface area contributed by atoms with Gasteiger partial charge in [0.25, 0.3) is 0 Å². The quantitative estimate of drug-likeness (QED) is 0.734. The fraction of sp³-hybridized carbons (Fsp3) is 0.588. The summed E-state index contributed by atoms with van der Waals surface area (Å²) in [6, 6.07) is 4.19. The molecule has 0 saturated carbocycles. The Balaban J connectivity index is 2.66. The van der Waals surface area contributed by atoms with Crippen molar-refractivity contribution in [2.24, 2.45) is 5.92 Å². The minimum Gasteiger partial charge on any atom is -0.494 e. The Morgan fingerprint density at radius 3 is 2.26 bits per heavy atom. The Morgan fingerprint density at radius 2 is 1.79 bits per heavy atom. The largest absolute Gasteiger partial charge is 0.494 e. The molecule has 0 amide bonds. The molecule has 0 aliphatic rings. The highest BCUT2D eigenvalue weighted by molar-refractivity contribution is 5.80. The molecule has 0 atom stereocenters. The van der Waals surface area contributed by atoms with Gasteiger partial charge in [0.1, 0.15) is 11.5 Å². The second-order valence-corrected chi connectivity index (χ2v) is 5.44. The number of hydrogen-bond acceptors (Lipinski definition) is 2. The number of hydrogen-bond donors (Lipinski definition) is 0. The zero-order chi connectivity index (χ0) is 14.4. The van der Waals surface area contributed by atoms with Crippen molar-refractivity contribution in [3.05, 3.63) is 28.8 Å². The van der Waals surface area contributed by atoms with Gasteiger partial charge in [-0.15, -0.1) is 0 Å². The summed E-state index contributed by atoms with van der Waals surface area (Å²) in [7, 11) is 0. The first-order valence-electron chi connectivity index (χ1n) is 7.21. The molecule has 106 valence electrons. The van der Waals surface area contributed by atoms with Crippen LogP contribution in [-0.4, -0.2) is 12.4 Å². The lowest BCUT2D eigenvalue weighted by molar-refractivity contribution is -0.121. The molecule has 0 saturated heterocycles. The Morgan fingerprint density at radius 1 is 1.21 bits per heavy atom. The summed E-state index contributed by atoms with van der Waals surface area (Å²) in [5.41, 5.74) is 3.89. The van der Waals surface area contributed by atoms with Gasteiger partial charge in [0.2, 0.25) is 0 Å². The number of ether oxygens (including phenoxy) is 1. The monoisotopic (exact) mass is 262 g/mol. The lowest BCUT2D eigenvalue weighted by atomic mass is 9.95. The van der Waals surface area contributed by atoms with E-state index in [4.69, 9.17) is 4.74 Å². The van der Waals surface area contributed by atoms with Gasteiger partial charge in [0, 0.05) is 12.3 Å². The first kappa shape index (κ1) is 15.7. The molecule has 1 aromatic carbocycles. The standard InChI is InChI=1S/C17H26O2/c1-6-19-15-10-13(4)16(14(5)11-15)8-7-9-17(18)12(2)3/h10-12H,6-9H2,1-5H3. The van der Waals surface area contributed by atoms with Crippen molar-refractivity contribution in [2.45, 2.75) is 53.9 Å². The molecule has 2 heteroatoms. The number of Topliss-reactive ketones (excluding diaryl/α,β-unsaturated/α-hetero) is 1. The number of carbonyl (C=O) groups excluding carboxylic acids is 1. The fourth-order valence-electron chi connectivity index (χ4n) is 2.33. The smallest absolute Gasteiger partial charge is 0.135 e. The molecule has 0 spiro atoms. The van der Waals surface area contributed by atoms with Gasteiger partial charge < -0.3 is 4.74 Å². The highest BCUT2D eigenvalue weighted by Crippen LogP contribution is 2.23. The van der Waals surface area contributed by atoms with E-state index in [0.29, 0.717) is 18.8 Å². The van der Waals surface area contributed by atoms with Crippen molar-refractivity contribution in [2.75, 3.05) is 6.61 Å². The Kier molecular flexibility index (Phi) is 6.07. The fourth-order valence-corrected chi connectivity index (χ4v) is 2.33. The zero-order valence-electron chi connectivity index (χ0n) is 12.9. The highest BCUT2D eigenvalue weighted by atomic mass is 16.5. The predicted octanol–water partition coefficient (Wildman–Crippen LogP) is 4.25. The first-order chi connectivity index (χ1) is 8.95. The van der Waals surface area contributed by atoms with Crippen LogP contribution >= 0.6 is 0 Å². The molecule has 0 aromatic heterocycles. The minimum atomic E-state index is 0.155. The van der Waals surface area contributed by atoms with E-state index in [1.165, 1.54) is 16.7 Å². The maximum absolute atomic E-state index is 11.6. The van der Waals surface area contributed by atoms with Gasteiger partial charge in [-0.05, 0) is 62.4 Å². The van der Waals surface area contributed by atoms with E-state index in [2.05, 4.69) is 26.0 Å². The molecule has 1 rings (SSSR count). The minimum absolute atomic E-state index is 0.155. The summed E-state index contributed by atoms with van der Waals surface area (Å²) >= 11 is 0. The van der Waals surface area contributed by atoms with Gasteiger partial charge in [0.05, 0.1) is 6.61 Å². The average molecular weight is 262 g/mol. The Hall–Kier alpha value is -1.31. The van der Waals surface area contributed by atoms with Gasteiger partial charge in [-0.3, -0.25) is 4.79 Å². The number of ketones is 1. The third-order valence-electron chi connectivity index (χ3n) is 3.47. The Labute approximate surface area is 117 Å². The van der Waals surface area contributed by atoms with Crippen LogP contribution in [0.25, 0.3) is 0 Å². The maximum atomic E-state index is 11.6. The molecular weight excluding hydrogens is 236 g/mol. The maximum Gasteiger partial charge on any atom is 0.135 e. The van der Waals surface area contributed by atoms with Crippen LogP contribution in [0, 0.1) is 19.8 Å². The van der Waals surface area contributed by atoms with E-state index < -0.39 is 0 Å². The first-order valence-corrected chi connectivity index (χ1v) is 7.21. The molecule has 0 aliphatic heterocycles. The molecule has 2 nitrogen and oxygen atoms in total. The number of carbonyl (C=O) groups is 1. The van der Waals surface area contributed by atoms with Crippen LogP contribution in [0.1, 0.15) is 50.3 Å². The van der Waals surface area contributed by atoms with Gasteiger partial charge in [-0.25, -0.2) is 0 Å². The van der Waals surface area contributed by atoms with Crippen molar-refractivity contribution in [1.82, 2.24) is 0 Å². The zero-order valence-corrected chi connectivity index (χ0v) is 12.9. The van der Waals surface area contributed by atoms with E-state index in [9.17, 15) is 4.79 Å². The molecule has 0 bridgehead atoms. The summed E-state index contributed by atoms with van der Waals surface area (Å²) in [6.07, 6.45) is 2.60. The predicted molar refractivity (Wildman–Crippen MR) is 79.9 cm³/mol. The van der Waals surface area contributed by atoms with E-state index >= 15 is 0 Å². The van der Waals surface area contributed by atoms with Gasteiger partial charge in [0.15, 0.2) is 0 Å². The third kappa shape index (κ3) is 4.70. The van der Waals surface area contributed by atoms with Crippen molar-refractivity contribution in [3.63, 3.8) is 0 Å². The van der Waals surface area contributed by atoms with E-state index in [-0.39, 0.29) is 5.92 Å². The van der Waals surface area contributed by atoms with Crippen LogP contribution in [0.5, 0.6) is 5.75 Å². The molecule has 0 heterocycles. The van der Waals surface area contributed by atoms with Gasteiger partial charge >= 0.3 is 0 Å². The summed E-state index contributed by atoms with van der Waals surface area (Å²) in [5, 5.41) is 0. The molecule has 0 fully saturated rings. The third-order valence-corrected chi connectivity index (χ3v) is 3.47. The lowest BCUT2D eigenvalue weighted by Gasteiger charge is -2.13. The molecule has 0 aliphatic carbocycles. The summed E-state index contributed by atoms with van der Waals surface area (Å²) < 4.78 is 5.54. The topological polar surface area (TPSA) is 26.3 Å². The molecular formula is C17H26O2. The van der Waals surface area contributed by atoms with Gasteiger partial charge in [-0.1, -0.05) is 13.8 Å².